The van der Waals surface area contributed by atoms with E-state index in [0.717, 1.165) is 11.6 Å². The molecule has 2 rings (SSSR count). The number of hydrogen-bond donors (Lipinski definition) is 0. The van der Waals surface area contributed by atoms with Crippen LogP contribution < -0.4 is 4.90 Å². The number of nitro groups is 1. The van der Waals surface area contributed by atoms with Gasteiger partial charge in [-0.25, -0.2) is 4.39 Å². The van der Waals surface area contributed by atoms with Crippen LogP contribution in [-0.4, -0.2) is 21.8 Å². The van der Waals surface area contributed by atoms with Crippen LogP contribution in [0.2, 0.25) is 0 Å². The number of aryl methyl sites for hydroxylation is 1. The summed E-state index contributed by atoms with van der Waals surface area (Å²) in [5, 5.41) is 14.7. The highest BCUT2D eigenvalue weighted by Crippen LogP contribution is 2.23. The Morgan fingerprint density at radius 3 is 2.79 bits per heavy atom. The third-order valence-electron chi connectivity index (χ3n) is 2.70. The number of halogens is 1. The van der Waals surface area contributed by atoms with Crippen LogP contribution in [-0.2, 0) is 13.6 Å². The molecule has 0 saturated carbocycles. The van der Waals surface area contributed by atoms with Crippen molar-refractivity contribution in [1.29, 1.82) is 0 Å². The van der Waals surface area contributed by atoms with Crippen molar-refractivity contribution in [2.75, 3.05) is 11.9 Å². The normalized spacial score (nSPS) is 10.5. The van der Waals surface area contributed by atoms with Gasteiger partial charge in [-0.05, 0) is 6.07 Å². The van der Waals surface area contributed by atoms with E-state index in [1.165, 1.54) is 12.1 Å². The molecule has 0 N–H and O–H groups in total. The van der Waals surface area contributed by atoms with Gasteiger partial charge in [0.1, 0.15) is 5.82 Å². The highest BCUT2D eigenvalue weighted by atomic mass is 19.1. The van der Waals surface area contributed by atoms with Crippen LogP contribution in [0.25, 0.3) is 0 Å². The largest absolute Gasteiger partial charge is 0.370 e. The highest BCUT2D eigenvalue weighted by molar-refractivity contribution is 5.53. The summed E-state index contributed by atoms with van der Waals surface area (Å²) in [4.78, 5) is 11.8. The van der Waals surface area contributed by atoms with Gasteiger partial charge in [0.2, 0.25) is 0 Å². The molecular formula is C12H13FN4O2. The predicted octanol–water partition coefficient (Wildman–Crippen LogP) is 2.10. The molecule has 0 radical (unpaired) electrons. The number of rotatable bonds is 4. The molecule has 0 spiro atoms. The summed E-state index contributed by atoms with van der Waals surface area (Å²) in [7, 11) is 3.54. The second-order valence-electron chi connectivity index (χ2n) is 4.30. The number of anilines is 1. The van der Waals surface area contributed by atoms with Gasteiger partial charge in [0.25, 0.3) is 5.69 Å². The Bertz CT molecular complexity index is 612. The van der Waals surface area contributed by atoms with Gasteiger partial charge in [-0.15, -0.1) is 0 Å². The fraction of sp³-hybridized carbons (Fsp3) is 0.250. The van der Waals surface area contributed by atoms with Crippen LogP contribution in [0, 0.1) is 15.9 Å². The molecule has 0 fully saturated rings. The van der Waals surface area contributed by atoms with Crippen LogP contribution in [0.5, 0.6) is 0 Å². The number of hydrogen-bond acceptors (Lipinski definition) is 4. The number of benzene rings is 1. The predicted molar refractivity (Wildman–Crippen MR) is 68.4 cm³/mol. The van der Waals surface area contributed by atoms with E-state index in [4.69, 9.17) is 0 Å². The number of nitro benzene ring substituents is 1. The maximum absolute atomic E-state index is 13.3. The lowest BCUT2D eigenvalue weighted by atomic mass is 10.2. The molecule has 1 aromatic carbocycles. The van der Waals surface area contributed by atoms with Crippen molar-refractivity contribution >= 4 is 11.4 Å². The minimum atomic E-state index is -0.623. The lowest BCUT2D eigenvalue weighted by Gasteiger charge is -2.18. The van der Waals surface area contributed by atoms with Crippen LogP contribution in [0.15, 0.2) is 30.6 Å². The third kappa shape index (κ3) is 3.06. The molecule has 0 saturated heterocycles. The topological polar surface area (TPSA) is 64.2 Å². The molecule has 0 atom stereocenters. The van der Waals surface area contributed by atoms with Crippen molar-refractivity contribution in [2.24, 2.45) is 7.05 Å². The zero-order valence-electron chi connectivity index (χ0n) is 10.6. The number of aromatic nitrogens is 2. The van der Waals surface area contributed by atoms with Crippen molar-refractivity contribution in [3.8, 4) is 0 Å². The Morgan fingerprint density at radius 1 is 1.47 bits per heavy atom. The minimum Gasteiger partial charge on any atom is -0.370 e. The van der Waals surface area contributed by atoms with E-state index in [2.05, 4.69) is 5.10 Å². The summed E-state index contributed by atoms with van der Waals surface area (Å²) >= 11 is 0. The van der Waals surface area contributed by atoms with E-state index < -0.39 is 10.7 Å². The van der Waals surface area contributed by atoms with Gasteiger partial charge in [-0.2, -0.15) is 5.10 Å². The molecule has 1 aromatic heterocycles. The molecule has 0 bridgehead atoms. The molecule has 0 aliphatic rings. The number of nitrogens with zero attached hydrogens (tertiary/aromatic N) is 4. The van der Waals surface area contributed by atoms with Crippen molar-refractivity contribution < 1.29 is 9.31 Å². The second-order valence-corrected chi connectivity index (χ2v) is 4.30. The Kier molecular flexibility index (Phi) is 3.46. The second kappa shape index (κ2) is 5.05. The van der Waals surface area contributed by atoms with Gasteiger partial charge in [0, 0.05) is 44.2 Å². The van der Waals surface area contributed by atoms with Crippen molar-refractivity contribution in [3.05, 3.63) is 52.1 Å². The first-order chi connectivity index (χ1) is 8.95. The Hall–Kier alpha value is -2.44. The average molecular weight is 264 g/mol. The van der Waals surface area contributed by atoms with Gasteiger partial charge in [-0.1, -0.05) is 0 Å². The van der Waals surface area contributed by atoms with E-state index in [1.807, 2.05) is 6.20 Å². The quantitative estimate of drug-likeness (QED) is 0.626. The molecule has 2 aromatic rings. The molecule has 7 heteroatoms. The first-order valence-electron chi connectivity index (χ1n) is 5.59. The minimum absolute atomic E-state index is 0.256. The fourth-order valence-electron chi connectivity index (χ4n) is 1.80. The molecule has 100 valence electrons. The summed E-state index contributed by atoms with van der Waals surface area (Å²) in [6.07, 6.45) is 3.54. The van der Waals surface area contributed by atoms with Gasteiger partial charge < -0.3 is 4.90 Å². The van der Waals surface area contributed by atoms with Crippen LogP contribution >= 0.6 is 0 Å². The molecule has 0 aliphatic carbocycles. The molecule has 1 heterocycles. The summed E-state index contributed by atoms with van der Waals surface area (Å²) in [5.41, 5.74) is 1.14. The van der Waals surface area contributed by atoms with E-state index in [9.17, 15) is 14.5 Å². The van der Waals surface area contributed by atoms with E-state index in [-0.39, 0.29) is 5.69 Å². The maximum atomic E-state index is 13.3. The summed E-state index contributed by atoms with van der Waals surface area (Å²) < 4.78 is 15.0. The van der Waals surface area contributed by atoms with Crippen molar-refractivity contribution in [3.63, 3.8) is 0 Å². The van der Waals surface area contributed by atoms with Gasteiger partial charge in [-0.3, -0.25) is 14.8 Å². The monoisotopic (exact) mass is 264 g/mol. The van der Waals surface area contributed by atoms with Gasteiger partial charge in [0.15, 0.2) is 0 Å². The fourth-order valence-corrected chi connectivity index (χ4v) is 1.80. The molecule has 0 unspecified atom stereocenters. The van der Waals surface area contributed by atoms with Crippen LogP contribution in [0.4, 0.5) is 15.8 Å². The molecule has 19 heavy (non-hydrogen) atoms. The van der Waals surface area contributed by atoms with Crippen LogP contribution in [0.3, 0.4) is 0 Å². The number of non-ortho nitro benzene ring substituents is 1. The first kappa shape index (κ1) is 13.0. The maximum Gasteiger partial charge on any atom is 0.274 e. The summed E-state index contributed by atoms with van der Waals surface area (Å²) in [5.74, 6) is -0.623. The van der Waals surface area contributed by atoms with Crippen molar-refractivity contribution in [2.45, 2.75) is 6.54 Å². The smallest absolute Gasteiger partial charge is 0.274 e. The van der Waals surface area contributed by atoms with E-state index in [0.29, 0.717) is 12.2 Å². The SMILES string of the molecule is CN(Cc1cnn(C)c1)c1cc(F)cc([N+](=O)[O-])c1. The zero-order chi connectivity index (χ0) is 14.0. The Balaban J connectivity index is 2.23. The lowest BCUT2D eigenvalue weighted by Crippen LogP contribution is -2.16. The summed E-state index contributed by atoms with van der Waals surface area (Å²) in [6.45, 7) is 0.494. The van der Waals surface area contributed by atoms with Crippen LogP contribution in [0.1, 0.15) is 5.56 Å². The zero-order valence-corrected chi connectivity index (χ0v) is 10.6. The Morgan fingerprint density at radius 2 is 2.21 bits per heavy atom. The lowest BCUT2D eigenvalue weighted by molar-refractivity contribution is -0.385. The standard InChI is InChI=1S/C12H13FN4O2/c1-15(7-9-6-14-16(2)8-9)11-3-10(13)4-12(5-11)17(18)19/h3-6,8H,7H2,1-2H3. The Labute approximate surface area is 109 Å². The van der Waals surface area contributed by atoms with E-state index >= 15 is 0 Å². The molecule has 6 nitrogen and oxygen atoms in total. The van der Waals surface area contributed by atoms with Crippen molar-refractivity contribution in [1.82, 2.24) is 9.78 Å². The third-order valence-corrected chi connectivity index (χ3v) is 2.70. The van der Waals surface area contributed by atoms with Gasteiger partial charge >= 0.3 is 0 Å². The van der Waals surface area contributed by atoms with E-state index in [1.54, 1.807) is 29.9 Å². The summed E-state index contributed by atoms with van der Waals surface area (Å²) in [6, 6.07) is 3.52. The molecule has 0 aliphatic heterocycles. The van der Waals surface area contributed by atoms with Gasteiger partial charge in [0.05, 0.1) is 17.2 Å². The average Bonchev–Trinajstić information content (AvgIpc) is 2.73. The highest BCUT2D eigenvalue weighted by Gasteiger charge is 2.12. The molecule has 0 amide bonds. The first-order valence-corrected chi connectivity index (χ1v) is 5.59. The molecular weight excluding hydrogens is 251 g/mol.